The summed E-state index contributed by atoms with van der Waals surface area (Å²) in [5.41, 5.74) is 0.390. The summed E-state index contributed by atoms with van der Waals surface area (Å²) in [6.07, 6.45) is 1.05. The van der Waals surface area contributed by atoms with Crippen molar-refractivity contribution < 1.29 is 9.90 Å². The van der Waals surface area contributed by atoms with Gasteiger partial charge in [-0.2, -0.15) is 0 Å². The lowest BCUT2D eigenvalue weighted by Crippen LogP contribution is -2.27. The minimum absolute atomic E-state index is 0.0775. The third kappa shape index (κ3) is 1.97. The van der Waals surface area contributed by atoms with E-state index < -0.39 is 0 Å². The molecule has 1 aliphatic rings. The summed E-state index contributed by atoms with van der Waals surface area (Å²) in [5.74, 6) is -0.133. The van der Waals surface area contributed by atoms with Gasteiger partial charge in [0.1, 0.15) is 5.76 Å². The molecule has 0 heterocycles. The molecule has 3 nitrogen and oxygen atoms in total. The molecule has 3 heteroatoms. The summed E-state index contributed by atoms with van der Waals surface area (Å²) in [6.45, 7) is 5.35. The SMILES string of the molecule is CC(=O)C1=C(O)CC(C)(C)CC1=N. The number of carbonyl (C=O) groups excluding carboxylic acids is 1. The molecule has 0 spiro atoms. The van der Waals surface area contributed by atoms with Crippen molar-refractivity contribution in [3.63, 3.8) is 0 Å². The highest BCUT2D eigenvalue weighted by molar-refractivity contribution is 6.21. The molecule has 0 bridgehead atoms. The largest absolute Gasteiger partial charge is 0.511 e. The van der Waals surface area contributed by atoms with Crippen LogP contribution in [0.3, 0.4) is 0 Å². The van der Waals surface area contributed by atoms with Crippen molar-refractivity contribution in [1.29, 1.82) is 5.41 Å². The monoisotopic (exact) mass is 181 g/mol. The van der Waals surface area contributed by atoms with Gasteiger partial charge >= 0.3 is 0 Å². The number of carbonyl (C=O) groups is 1. The Morgan fingerprint density at radius 1 is 1.46 bits per heavy atom. The fourth-order valence-electron chi connectivity index (χ4n) is 1.76. The molecule has 0 atom stereocenters. The number of hydrogen-bond acceptors (Lipinski definition) is 3. The maximum Gasteiger partial charge on any atom is 0.164 e. The van der Waals surface area contributed by atoms with E-state index in [1.165, 1.54) is 6.92 Å². The van der Waals surface area contributed by atoms with Gasteiger partial charge < -0.3 is 10.5 Å². The number of hydrogen-bond donors (Lipinski definition) is 2. The van der Waals surface area contributed by atoms with Gasteiger partial charge in [-0.25, -0.2) is 0 Å². The molecule has 0 radical (unpaired) electrons. The minimum Gasteiger partial charge on any atom is -0.511 e. The van der Waals surface area contributed by atoms with Crippen LogP contribution in [0.1, 0.15) is 33.6 Å². The Morgan fingerprint density at radius 2 is 2.00 bits per heavy atom. The molecule has 0 aliphatic heterocycles. The summed E-state index contributed by atoms with van der Waals surface area (Å²) in [4.78, 5) is 11.1. The van der Waals surface area contributed by atoms with Crippen molar-refractivity contribution in [3.05, 3.63) is 11.3 Å². The number of allylic oxidation sites excluding steroid dienone is 2. The second kappa shape index (κ2) is 2.98. The van der Waals surface area contributed by atoms with Crippen LogP contribution in [0.4, 0.5) is 0 Å². The van der Waals surface area contributed by atoms with Crippen LogP contribution in [0.15, 0.2) is 11.3 Å². The molecule has 0 fully saturated rings. The van der Waals surface area contributed by atoms with Crippen LogP contribution in [0.5, 0.6) is 0 Å². The van der Waals surface area contributed by atoms with Gasteiger partial charge in [0.2, 0.25) is 0 Å². The molecule has 0 saturated heterocycles. The van der Waals surface area contributed by atoms with Gasteiger partial charge in [0.15, 0.2) is 5.78 Å². The third-order valence-corrected chi connectivity index (χ3v) is 2.24. The molecule has 1 rings (SSSR count). The number of rotatable bonds is 1. The molecule has 1 aliphatic carbocycles. The van der Waals surface area contributed by atoms with Crippen molar-refractivity contribution >= 4 is 11.5 Å². The first kappa shape index (κ1) is 9.96. The van der Waals surface area contributed by atoms with E-state index in [2.05, 4.69) is 0 Å². The van der Waals surface area contributed by atoms with E-state index in [4.69, 9.17) is 5.41 Å². The molecule has 2 N–H and O–H groups in total. The lowest BCUT2D eigenvalue weighted by atomic mass is 9.75. The summed E-state index contributed by atoms with van der Waals surface area (Å²) < 4.78 is 0. The van der Waals surface area contributed by atoms with Crippen molar-refractivity contribution in [2.75, 3.05) is 0 Å². The van der Waals surface area contributed by atoms with Crippen LogP contribution in [-0.2, 0) is 4.79 Å². The predicted octanol–water partition coefficient (Wildman–Crippen LogP) is 2.23. The number of Topliss-reactive ketones (excluding diaryl/α,β-unsaturated/α-hetero) is 1. The average molecular weight is 181 g/mol. The highest BCUT2D eigenvalue weighted by Crippen LogP contribution is 2.35. The topological polar surface area (TPSA) is 61.1 Å². The highest BCUT2D eigenvalue weighted by atomic mass is 16.3. The van der Waals surface area contributed by atoms with Crippen LogP contribution < -0.4 is 0 Å². The second-order valence-corrected chi connectivity index (χ2v) is 4.37. The van der Waals surface area contributed by atoms with E-state index >= 15 is 0 Å². The van der Waals surface area contributed by atoms with Gasteiger partial charge in [-0.3, -0.25) is 4.79 Å². The normalized spacial score (nSPS) is 21.9. The molecular formula is C10H15NO2. The van der Waals surface area contributed by atoms with Gasteiger partial charge in [-0.1, -0.05) is 13.8 Å². The quantitative estimate of drug-likeness (QED) is 0.651. The third-order valence-electron chi connectivity index (χ3n) is 2.24. The van der Waals surface area contributed by atoms with Crippen LogP contribution in [0, 0.1) is 10.8 Å². The molecule has 0 aromatic rings. The summed E-state index contributed by atoms with van der Waals surface area (Å²) in [7, 11) is 0. The van der Waals surface area contributed by atoms with Gasteiger partial charge in [0.25, 0.3) is 0 Å². The molecular weight excluding hydrogens is 166 g/mol. The Morgan fingerprint density at radius 3 is 2.38 bits per heavy atom. The van der Waals surface area contributed by atoms with Crippen molar-refractivity contribution in [2.45, 2.75) is 33.6 Å². The molecule has 0 aromatic carbocycles. The van der Waals surface area contributed by atoms with E-state index in [0.717, 1.165) is 0 Å². The van der Waals surface area contributed by atoms with Gasteiger partial charge in [-0.15, -0.1) is 0 Å². The number of aliphatic hydroxyl groups excluding tert-OH is 1. The van der Waals surface area contributed by atoms with Crippen LogP contribution in [0.25, 0.3) is 0 Å². The lowest BCUT2D eigenvalue weighted by Gasteiger charge is -2.30. The zero-order valence-electron chi connectivity index (χ0n) is 8.27. The van der Waals surface area contributed by atoms with Crippen LogP contribution >= 0.6 is 0 Å². The number of aliphatic hydroxyl groups is 1. The van der Waals surface area contributed by atoms with Gasteiger partial charge in [0, 0.05) is 12.1 Å². The fourth-order valence-corrected chi connectivity index (χ4v) is 1.76. The smallest absolute Gasteiger partial charge is 0.164 e. The van der Waals surface area contributed by atoms with E-state index in [1.54, 1.807) is 0 Å². The van der Waals surface area contributed by atoms with Crippen molar-refractivity contribution in [3.8, 4) is 0 Å². The molecule has 13 heavy (non-hydrogen) atoms. The fraction of sp³-hybridized carbons (Fsp3) is 0.600. The molecule has 0 aromatic heterocycles. The van der Waals surface area contributed by atoms with Gasteiger partial charge in [0.05, 0.1) is 5.57 Å². The molecule has 0 amide bonds. The Balaban J connectivity index is 3.09. The molecule has 0 saturated carbocycles. The Hall–Kier alpha value is -1.12. The van der Waals surface area contributed by atoms with Crippen LogP contribution in [0.2, 0.25) is 0 Å². The maximum absolute atomic E-state index is 11.1. The van der Waals surface area contributed by atoms with E-state index in [9.17, 15) is 9.90 Å². The zero-order chi connectivity index (χ0) is 10.2. The van der Waals surface area contributed by atoms with E-state index in [0.29, 0.717) is 12.8 Å². The van der Waals surface area contributed by atoms with Gasteiger partial charge in [-0.05, 0) is 18.8 Å². The Labute approximate surface area is 78.0 Å². The maximum atomic E-state index is 11.1. The Bertz CT molecular complexity index is 300. The first-order chi connectivity index (χ1) is 5.83. The number of nitrogens with one attached hydrogen (secondary N) is 1. The summed E-state index contributed by atoms with van der Waals surface area (Å²) in [5, 5.41) is 17.2. The van der Waals surface area contributed by atoms with Crippen molar-refractivity contribution in [1.82, 2.24) is 0 Å². The average Bonchev–Trinajstić information content (AvgIpc) is 1.78. The van der Waals surface area contributed by atoms with E-state index in [1.807, 2.05) is 13.8 Å². The lowest BCUT2D eigenvalue weighted by molar-refractivity contribution is -0.113. The highest BCUT2D eigenvalue weighted by Gasteiger charge is 2.32. The standard InChI is InChI=1S/C10H15NO2/c1-6(12)9-7(11)4-10(2,3)5-8(9)13/h11,13H,4-5H2,1-3H3. The number of ketones is 1. The Kier molecular flexibility index (Phi) is 2.28. The minimum atomic E-state index is -0.210. The molecule has 72 valence electrons. The second-order valence-electron chi connectivity index (χ2n) is 4.37. The summed E-state index contributed by atoms with van der Waals surface area (Å²) >= 11 is 0. The molecule has 0 unspecified atom stereocenters. The first-order valence-electron chi connectivity index (χ1n) is 4.34. The van der Waals surface area contributed by atoms with Crippen molar-refractivity contribution in [2.24, 2.45) is 5.41 Å². The zero-order valence-corrected chi connectivity index (χ0v) is 8.27. The van der Waals surface area contributed by atoms with Crippen LogP contribution in [-0.4, -0.2) is 16.6 Å². The van der Waals surface area contributed by atoms with E-state index in [-0.39, 0.29) is 28.2 Å². The summed E-state index contributed by atoms with van der Waals surface area (Å²) in [6, 6.07) is 0. The predicted molar refractivity (Wildman–Crippen MR) is 51.1 cm³/mol. The first-order valence-corrected chi connectivity index (χ1v) is 4.34.